The van der Waals surface area contributed by atoms with Crippen LogP contribution in [0.25, 0.3) is 0 Å². The second-order valence-electron chi connectivity index (χ2n) is 8.27. The summed E-state index contributed by atoms with van der Waals surface area (Å²) >= 11 is 0. The van der Waals surface area contributed by atoms with Crippen molar-refractivity contribution in [3.05, 3.63) is 71.6 Å². The van der Waals surface area contributed by atoms with Crippen LogP contribution in [-0.2, 0) is 0 Å². The van der Waals surface area contributed by atoms with Crippen molar-refractivity contribution in [1.82, 2.24) is 15.5 Å². The van der Waals surface area contributed by atoms with Crippen molar-refractivity contribution in [1.29, 1.82) is 0 Å². The fraction of sp³-hybridized carbons (Fsp3) is 0.375. The van der Waals surface area contributed by atoms with Crippen LogP contribution in [0.1, 0.15) is 18.1 Å². The number of hydrogen-bond acceptors (Lipinski definition) is 6. The SMILES string of the molecule is CNC1(C)C=C(Nc2ccc(C)cc2)NC(N2CCN(c3ccccc3C)CC2)=N1. The summed E-state index contributed by atoms with van der Waals surface area (Å²) in [4.78, 5) is 9.77. The van der Waals surface area contributed by atoms with Gasteiger partial charge in [-0.3, -0.25) is 5.32 Å². The number of aryl methyl sites for hydroxylation is 2. The average Bonchev–Trinajstić information content (AvgIpc) is 2.76. The van der Waals surface area contributed by atoms with Crippen LogP contribution in [0.3, 0.4) is 0 Å². The maximum absolute atomic E-state index is 4.96. The van der Waals surface area contributed by atoms with E-state index >= 15 is 0 Å². The summed E-state index contributed by atoms with van der Waals surface area (Å²) < 4.78 is 0. The maximum Gasteiger partial charge on any atom is 0.201 e. The third kappa shape index (κ3) is 4.44. The molecule has 0 radical (unpaired) electrons. The highest BCUT2D eigenvalue weighted by atomic mass is 15.4. The monoisotopic (exact) mass is 404 g/mol. The van der Waals surface area contributed by atoms with E-state index in [1.807, 2.05) is 7.05 Å². The van der Waals surface area contributed by atoms with Gasteiger partial charge >= 0.3 is 0 Å². The number of rotatable bonds is 4. The first-order valence-electron chi connectivity index (χ1n) is 10.6. The fourth-order valence-corrected chi connectivity index (χ4v) is 3.93. The minimum Gasteiger partial charge on any atom is -0.368 e. The third-order valence-electron chi connectivity index (χ3n) is 5.88. The molecule has 2 aliphatic heterocycles. The average molecular weight is 405 g/mol. The van der Waals surface area contributed by atoms with Gasteiger partial charge in [0.2, 0.25) is 5.96 Å². The van der Waals surface area contributed by atoms with Crippen LogP contribution in [0.15, 0.2) is 65.4 Å². The molecule has 0 bridgehead atoms. The molecule has 0 spiro atoms. The Morgan fingerprint density at radius 3 is 2.27 bits per heavy atom. The number of likely N-dealkylation sites (N-methyl/N-ethyl adjacent to an activating group) is 1. The van der Waals surface area contributed by atoms with Crippen LogP contribution >= 0.6 is 0 Å². The Bertz CT molecular complexity index is 940. The van der Waals surface area contributed by atoms with Gasteiger partial charge in [-0.1, -0.05) is 35.9 Å². The van der Waals surface area contributed by atoms with E-state index in [0.29, 0.717) is 0 Å². The van der Waals surface area contributed by atoms with E-state index in [-0.39, 0.29) is 0 Å². The maximum atomic E-state index is 4.96. The number of nitrogens with one attached hydrogen (secondary N) is 3. The largest absolute Gasteiger partial charge is 0.368 e. The molecule has 2 aromatic rings. The number of hydrogen-bond donors (Lipinski definition) is 3. The summed E-state index contributed by atoms with van der Waals surface area (Å²) in [5.74, 6) is 1.86. The Morgan fingerprint density at radius 1 is 0.933 bits per heavy atom. The molecule has 0 amide bonds. The summed E-state index contributed by atoms with van der Waals surface area (Å²) in [7, 11) is 1.95. The smallest absolute Gasteiger partial charge is 0.201 e. The van der Waals surface area contributed by atoms with E-state index in [1.165, 1.54) is 16.8 Å². The molecule has 158 valence electrons. The lowest BCUT2D eigenvalue weighted by molar-refractivity contribution is 0.362. The van der Waals surface area contributed by atoms with E-state index in [2.05, 4.69) is 101 Å². The molecule has 2 aliphatic rings. The number of aliphatic imine (C=N–C) groups is 1. The van der Waals surface area contributed by atoms with Gasteiger partial charge in [-0.05, 0) is 57.7 Å². The van der Waals surface area contributed by atoms with Crippen molar-refractivity contribution >= 4 is 17.3 Å². The number of guanidine groups is 1. The zero-order valence-corrected chi connectivity index (χ0v) is 18.4. The number of benzene rings is 2. The second kappa shape index (κ2) is 8.40. The van der Waals surface area contributed by atoms with Crippen LogP contribution in [0.5, 0.6) is 0 Å². The van der Waals surface area contributed by atoms with Crippen LogP contribution < -0.4 is 20.9 Å². The Hall–Kier alpha value is -2.99. The Kier molecular flexibility index (Phi) is 5.68. The lowest BCUT2D eigenvalue weighted by Crippen LogP contribution is -2.56. The normalized spacial score (nSPS) is 21.6. The minimum absolute atomic E-state index is 0.458. The lowest BCUT2D eigenvalue weighted by atomic mass is 10.1. The molecule has 6 heteroatoms. The molecule has 4 rings (SSSR count). The van der Waals surface area contributed by atoms with Gasteiger partial charge in [0.1, 0.15) is 11.5 Å². The predicted molar refractivity (Wildman–Crippen MR) is 126 cm³/mol. The van der Waals surface area contributed by atoms with Gasteiger partial charge in [0.15, 0.2) is 0 Å². The Balaban J connectivity index is 1.46. The zero-order valence-electron chi connectivity index (χ0n) is 18.4. The van der Waals surface area contributed by atoms with E-state index in [4.69, 9.17) is 4.99 Å². The van der Waals surface area contributed by atoms with E-state index in [1.54, 1.807) is 0 Å². The highest BCUT2D eigenvalue weighted by Crippen LogP contribution is 2.23. The summed E-state index contributed by atoms with van der Waals surface area (Å²) in [5, 5.41) is 10.3. The second-order valence-corrected chi connectivity index (χ2v) is 8.27. The molecule has 3 N–H and O–H groups in total. The first-order chi connectivity index (χ1) is 14.5. The molecule has 6 nitrogen and oxygen atoms in total. The first-order valence-corrected chi connectivity index (χ1v) is 10.6. The van der Waals surface area contributed by atoms with Crippen molar-refractivity contribution < 1.29 is 0 Å². The van der Waals surface area contributed by atoms with Crippen molar-refractivity contribution in [3.63, 3.8) is 0 Å². The molecular weight excluding hydrogens is 372 g/mol. The molecule has 0 aliphatic carbocycles. The molecule has 1 saturated heterocycles. The van der Waals surface area contributed by atoms with Crippen molar-refractivity contribution in [2.45, 2.75) is 26.4 Å². The summed E-state index contributed by atoms with van der Waals surface area (Å²) in [5.41, 5.74) is 4.51. The summed E-state index contributed by atoms with van der Waals surface area (Å²) in [6, 6.07) is 17.0. The number of para-hydroxylation sites is 1. The molecular formula is C24H32N6. The van der Waals surface area contributed by atoms with Crippen LogP contribution in [0.2, 0.25) is 0 Å². The quantitative estimate of drug-likeness (QED) is 0.730. The number of piperazine rings is 1. The van der Waals surface area contributed by atoms with Crippen molar-refractivity contribution in [3.8, 4) is 0 Å². The molecule has 30 heavy (non-hydrogen) atoms. The Morgan fingerprint density at radius 2 is 1.60 bits per heavy atom. The topological polar surface area (TPSA) is 54.9 Å². The standard InChI is InChI=1S/C24H32N6/c1-18-9-11-20(12-10-18)26-22-17-24(3,25-4)28-23(27-22)30-15-13-29(14-16-30)21-8-6-5-7-19(21)2/h5-12,17,25-26H,13-16H2,1-4H3,(H,27,28). The summed E-state index contributed by atoms with van der Waals surface area (Å²) in [6.07, 6.45) is 2.10. The fourth-order valence-electron chi connectivity index (χ4n) is 3.93. The molecule has 2 heterocycles. The van der Waals surface area contributed by atoms with Gasteiger partial charge < -0.3 is 20.4 Å². The number of anilines is 2. The van der Waals surface area contributed by atoms with Gasteiger partial charge in [-0.15, -0.1) is 0 Å². The van der Waals surface area contributed by atoms with Gasteiger partial charge in [-0.25, -0.2) is 4.99 Å². The first kappa shape index (κ1) is 20.3. The summed E-state index contributed by atoms with van der Waals surface area (Å²) in [6.45, 7) is 10.2. The van der Waals surface area contributed by atoms with Crippen molar-refractivity contribution in [2.24, 2.45) is 4.99 Å². The molecule has 1 fully saturated rings. The zero-order chi connectivity index (χ0) is 21.1. The van der Waals surface area contributed by atoms with E-state index in [0.717, 1.165) is 43.6 Å². The van der Waals surface area contributed by atoms with E-state index < -0.39 is 5.66 Å². The molecule has 1 unspecified atom stereocenters. The highest BCUT2D eigenvalue weighted by molar-refractivity contribution is 5.84. The van der Waals surface area contributed by atoms with Crippen LogP contribution in [-0.4, -0.2) is 49.7 Å². The highest BCUT2D eigenvalue weighted by Gasteiger charge is 2.29. The van der Waals surface area contributed by atoms with Crippen LogP contribution in [0, 0.1) is 13.8 Å². The predicted octanol–water partition coefficient (Wildman–Crippen LogP) is 3.27. The molecule has 2 aromatic carbocycles. The minimum atomic E-state index is -0.458. The van der Waals surface area contributed by atoms with Crippen molar-refractivity contribution in [2.75, 3.05) is 43.4 Å². The van der Waals surface area contributed by atoms with Gasteiger partial charge in [0, 0.05) is 37.6 Å². The molecule has 0 saturated carbocycles. The third-order valence-corrected chi connectivity index (χ3v) is 5.88. The Labute approximate surface area is 179 Å². The lowest BCUT2D eigenvalue weighted by Gasteiger charge is -2.40. The van der Waals surface area contributed by atoms with Gasteiger partial charge in [0.05, 0.1) is 0 Å². The van der Waals surface area contributed by atoms with E-state index in [9.17, 15) is 0 Å². The molecule has 0 aromatic heterocycles. The van der Waals surface area contributed by atoms with Crippen LogP contribution in [0.4, 0.5) is 11.4 Å². The van der Waals surface area contributed by atoms with Gasteiger partial charge in [0.25, 0.3) is 0 Å². The number of nitrogens with zero attached hydrogens (tertiary/aromatic N) is 3. The molecule has 1 atom stereocenters. The van der Waals surface area contributed by atoms with Gasteiger partial charge in [-0.2, -0.15) is 0 Å².